The monoisotopic (exact) mass is 308 g/mol. The number of esters is 1. The Morgan fingerprint density at radius 1 is 1.48 bits per heavy atom. The van der Waals surface area contributed by atoms with Gasteiger partial charge in [0.25, 0.3) is 0 Å². The second kappa shape index (κ2) is 6.21. The zero-order chi connectivity index (χ0) is 15.6. The summed E-state index contributed by atoms with van der Waals surface area (Å²) in [6.45, 7) is 1.45. The number of nitrogens with one attached hydrogen (secondary N) is 1. The molecule has 21 heavy (non-hydrogen) atoms. The van der Waals surface area contributed by atoms with Crippen molar-refractivity contribution in [2.24, 2.45) is 5.92 Å². The normalized spacial score (nSPS) is 31.0. The zero-order valence-electron chi connectivity index (χ0n) is 11.8. The summed E-state index contributed by atoms with van der Waals surface area (Å²) < 4.78 is 41.4. The van der Waals surface area contributed by atoms with Crippen molar-refractivity contribution in [2.45, 2.75) is 44.5 Å². The van der Waals surface area contributed by atoms with Crippen LogP contribution in [0.5, 0.6) is 0 Å². The number of ether oxygens (including phenoxy) is 1. The van der Waals surface area contributed by atoms with E-state index in [1.165, 1.54) is 0 Å². The van der Waals surface area contributed by atoms with Gasteiger partial charge in [-0.2, -0.15) is 13.2 Å². The third-order valence-corrected chi connectivity index (χ3v) is 3.87. The number of amides is 1. The van der Waals surface area contributed by atoms with Gasteiger partial charge in [-0.1, -0.05) is 0 Å². The molecular formula is C13H19F3N2O3. The van der Waals surface area contributed by atoms with Crippen LogP contribution in [0.3, 0.4) is 0 Å². The molecule has 2 rings (SSSR count). The van der Waals surface area contributed by atoms with Gasteiger partial charge in [-0.15, -0.1) is 0 Å². The molecule has 2 aliphatic heterocycles. The number of piperidine rings is 1. The van der Waals surface area contributed by atoms with E-state index in [1.54, 1.807) is 6.92 Å². The Morgan fingerprint density at radius 2 is 2.19 bits per heavy atom. The molecule has 120 valence electrons. The maximum atomic E-state index is 12.1. The number of halogens is 3. The first kappa shape index (κ1) is 16.1. The Balaban J connectivity index is 1.88. The number of cyclic esters (lactones) is 1. The van der Waals surface area contributed by atoms with Crippen molar-refractivity contribution < 1.29 is 27.5 Å². The van der Waals surface area contributed by atoms with Gasteiger partial charge in [0, 0.05) is 13.0 Å². The third kappa shape index (κ3) is 4.33. The highest BCUT2D eigenvalue weighted by Crippen LogP contribution is 2.25. The van der Waals surface area contributed by atoms with Crippen LogP contribution in [-0.4, -0.2) is 54.7 Å². The molecule has 0 unspecified atom stereocenters. The summed E-state index contributed by atoms with van der Waals surface area (Å²) in [7, 11) is 0. The second-order valence-corrected chi connectivity index (χ2v) is 5.67. The van der Waals surface area contributed by atoms with E-state index in [1.807, 2.05) is 10.2 Å². The highest BCUT2D eigenvalue weighted by molar-refractivity contribution is 5.80. The Kier molecular flexibility index (Phi) is 4.75. The summed E-state index contributed by atoms with van der Waals surface area (Å²) in [5.41, 5.74) is 0. The first-order valence-electron chi connectivity index (χ1n) is 7.05. The molecule has 2 fully saturated rings. The molecule has 0 aliphatic carbocycles. The summed E-state index contributed by atoms with van der Waals surface area (Å²) >= 11 is 0. The number of nitrogens with zero attached hydrogens (tertiary/aromatic N) is 1. The van der Waals surface area contributed by atoms with E-state index in [4.69, 9.17) is 4.74 Å². The Hall–Kier alpha value is -1.31. The largest absolute Gasteiger partial charge is 0.461 e. The lowest BCUT2D eigenvalue weighted by Gasteiger charge is -2.34. The van der Waals surface area contributed by atoms with E-state index >= 15 is 0 Å². The number of hydrogen-bond acceptors (Lipinski definition) is 4. The van der Waals surface area contributed by atoms with Gasteiger partial charge in [0.15, 0.2) is 0 Å². The number of rotatable bonds is 3. The fourth-order valence-electron chi connectivity index (χ4n) is 2.87. The molecule has 0 spiro atoms. The average Bonchev–Trinajstić information content (AvgIpc) is 2.74. The summed E-state index contributed by atoms with van der Waals surface area (Å²) in [5.74, 6) is -1.42. The summed E-state index contributed by atoms with van der Waals surface area (Å²) in [6.07, 6.45) is -2.77. The molecule has 0 radical (unpaired) electrons. The van der Waals surface area contributed by atoms with Crippen molar-refractivity contribution in [1.82, 2.24) is 10.2 Å². The molecule has 0 aromatic carbocycles. The number of carbonyl (C=O) groups excluding carboxylic acids is 2. The predicted molar refractivity (Wildman–Crippen MR) is 67.3 cm³/mol. The molecule has 2 saturated heterocycles. The Labute approximate surface area is 120 Å². The molecule has 1 amide bonds. The van der Waals surface area contributed by atoms with Crippen LogP contribution in [0.15, 0.2) is 0 Å². The first-order valence-corrected chi connectivity index (χ1v) is 7.05. The lowest BCUT2D eigenvalue weighted by Crippen LogP contribution is -2.49. The predicted octanol–water partition coefficient (Wildman–Crippen LogP) is 1.08. The highest BCUT2D eigenvalue weighted by Gasteiger charge is 2.39. The Bertz CT molecular complexity index is 414. The lowest BCUT2D eigenvalue weighted by molar-refractivity contribution is -0.147. The van der Waals surface area contributed by atoms with Crippen LogP contribution >= 0.6 is 0 Å². The molecule has 2 heterocycles. The van der Waals surface area contributed by atoms with E-state index < -0.39 is 24.5 Å². The molecule has 3 atom stereocenters. The van der Waals surface area contributed by atoms with Crippen LogP contribution < -0.4 is 5.32 Å². The van der Waals surface area contributed by atoms with Crippen LogP contribution in [-0.2, 0) is 14.3 Å². The van der Waals surface area contributed by atoms with E-state index in [2.05, 4.69) is 0 Å². The average molecular weight is 308 g/mol. The molecule has 0 saturated carbocycles. The van der Waals surface area contributed by atoms with Gasteiger partial charge in [0.05, 0.1) is 5.92 Å². The SMILES string of the molecule is C[C@@H]1C[C@H](N2CCC[C@@H](C(=O)NCC(F)(F)F)C2)C(=O)O1. The van der Waals surface area contributed by atoms with Gasteiger partial charge < -0.3 is 10.1 Å². The van der Waals surface area contributed by atoms with Crippen LogP contribution in [0.4, 0.5) is 13.2 Å². The van der Waals surface area contributed by atoms with Gasteiger partial charge >= 0.3 is 12.1 Å². The number of carbonyl (C=O) groups is 2. The van der Waals surface area contributed by atoms with Gasteiger partial charge in [0.1, 0.15) is 18.7 Å². The molecule has 1 N–H and O–H groups in total. The van der Waals surface area contributed by atoms with Crippen molar-refractivity contribution in [2.75, 3.05) is 19.6 Å². The topological polar surface area (TPSA) is 58.6 Å². The van der Waals surface area contributed by atoms with Gasteiger partial charge in [0.2, 0.25) is 5.91 Å². The quantitative estimate of drug-likeness (QED) is 0.793. The number of likely N-dealkylation sites (tertiary alicyclic amines) is 1. The van der Waals surface area contributed by atoms with Crippen molar-refractivity contribution in [3.8, 4) is 0 Å². The smallest absolute Gasteiger partial charge is 0.405 e. The van der Waals surface area contributed by atoms with Crippen LogP contribution in [0, 0.1) is 5.92 Å². The zero-order valence-corrected chi connectivity index (χ0v) is 11.8. The second-order valence-electron chi connectivity index (χ2n) is 5.67. The lowest BCUT2D eigenvalue weighted by atomic mass is 9.95. The third-order valence-electron chi connectivity index (χ3n) is 3.87. The molecule has 0 bridgehead atoms. The standard InChI is InChI=1S/C13H19F3N2O3/c1-8-5-10(12(20)21-8)18-4-2-3-9(6-18)11(19)17-7-13(14,15)16/h8-10H,2-7H2,1H3,(H,17,19)/t8-,9-,10+/m1/s1. The van der Waals surface area contributed by atoms with Crippen LogP contribution in [0.2, 0.25) is 0 Å². The molecule has 0 aromatic rings. The fourth-order valence-corrected chi connectivity index (χ4v) is 2.87. The van der Waals surface area contributed by atoms with Crippen LogP contribution in [0.25, 0.3) is 0 Å². The van der Waals surface area contributed by atoms with Crippen molar-refractivity contribution in [1.29, 1.82) is 0 Å². The number of hydrogen-bond donors (Lipinski definition) is 1. The van der Waals surface area contributed by atoms with E-state index in [0.29, 0.717) is 32.4 Å². The first-order chi connectivity index (χ1) is 9.76. The van der Waals surface area contributed by atoms with E-state index in [-0.39, 0.29) is 18.1 Å². The van der Waals surface area contributed by atoms with Gasteiger partial charge in [-0.05, 0) is 26.3 Å². The minimum absolute atomic E-state index is 0.151. The molecule has 8 heteroatoms. The summed E-state index contributed by atoms with van der Waals surface area (Å²) in [5, 5.41) is 1.92. The van der Waals surface area contributed by atoms with Crippen molar-refractivity contribution in [3.63, 3.8) is 0 Å². The minimum Gasteiger partial charge on any atom is -0.461 e. The highest BCUT2D eigenvalue weighted by atomic mass is 19.4. The summed E-state index contributed by atoms with van der Waals surface area (Å²) in [6, 6.07) is -0.377. The van der Waals surface area contributed by atoms with Crippen molar-refractivity contribution >= 4 is 11.9 Å². The van der Waals surface area contributed by atoms with E-state index in [0.717, 1.165) is 0 Å². The molecule has 5 nitrogen and oxygen atoms in total. The summed E-state index contributed by atoms with van der Waals surface area (Å²) in [4.78, 5) is 25.4. The molecule has 0 aromatic heterocycles. The van der Waals surface area contributed by atoms with Crippen LogP contribution in [0.1, 0.15) is 26.2 Å². The van der Waals surface area contributed by atoms with Crippen molar-refractivity contribution in [3.05, 3.63) is 0 Å². The molecular weight excluding hydrogens is 289 g/mol. The van der Waals surface area contributed by atoms with Gasteiger partial charge in [-0.3, -0.25) is 14.5 Å². The Morgan fingerprint density at radius 3 is 2.76 bits per heavy atom. The van der Waals surface area contributed by atoms with E-state index in [9.17, 15) is 22.8 Å². The molecule has 2 aliphatic rings. The van der Waals surface area contributed by atoms with Gasteiger partial charge in [-0.25, -0.2) is 0 Å². The maximum absolute atomic E-state index is 12.1. The minimum atomic E-state index is -4.41. The fraction of sp³-hybridized carbons (Fsp3) is 0.846. The maximum Gasteiger partial charge on any atom is 0.405 e. The number of alkyl halides is 3.